The van der Waals surface area contributed by atoms with Gasteiger partial charge in [-0.25, -0.2) is 18.4 Å². The molecule has 38 heavy (non-hydrogen) atoms. The van der Waals surface area contributed by atoms with Crippen LogP contribution in [-0.4, -0.2) is 48.2 Å². The number of carbonyl (C=O) groups excluding carboxylic acids is 1. The Morgan fingerprint density at radius 2 is 2.03 bits per heavy atom. The molecule has 6 rings (SSSR count). The molecule has 0 spiro atoms. The Morgan fingerprint density at radius 3 is 2.92 bits per heavy atom. The van der Waals surface area contributed by atoms with Crippen LogP contribution < -0.4 is 10.2 Å². The summed E-state index contributed by atoms with van der Waals surface area (Å²) >= 11 is 0. The Hall–Kier alpha value is -3.89. The molecule has 2 aliphatic rings. The molecule has 0 aliphatic carbocycles. The summed E-state index contributed by atoms with van der Waals surface area (Å²) in [5.74, 6) is 1.31. The molecule has 5 heterocycles. The summed E-state index contributed by atoms with van der Waals surface area (Å²) in [5, 5.41) is 3.75. The molecule has 0 atom stereocenters. The fourth-order valence-electron chi connectivity index (χ4n) is 4.99. The Bertz CT molecular complexity index is 1670. The Balaban J connectivity index is 1.22. The smallest absolute Gasteiger partial charge is 0.251 e. The number of rotatable bonds is 4. The number of aryl methyl sites for hydroxylation is 1. The van der Waals surface area contributed by atoms with Gasteiger partial charge in [-0.3, -0.25) is 9.78 Å². The van der Waals surface area contributed by atoms with Gasteiger partial charge in [0.15, 0.2) is 9.84 Å². The minimum Gasteiger partial charge on any atom is -0.376 e. The van der Waals surface area contributed by atoms with E-state index in [4.69, 9.17) is 9.72 Å². The van der Waals surface area contributed by atoms with Crippen LogP contribution in [0.1, 0.15) is 39.2 Å². The SMILES string of the molecule is Cc1ccnc2c1CCCN2c1ccc2cnc(CNC(=O)c3ccc4c(c3)S(=O)(=O)CCOC4)cc2n1. The van der Waals surface area contributed by atoms with Gasteiger partial charge in [-0.15, -0.1) is 0 Å². The van der Waals surface area contributed by atoms with Crippen LogP contribution in [-0.2, 0) is 34.1 Å². The van der Waals surface area contributed by atoms with Crippen molar-refractivity contribution in [2.75, 3.05) is 23.8 Å². The van der Waals surface area contributed by atoms with Gasteiger partial charge in [0.1, 0.15) is 11.6 Å². The molecule has 3 aromatic heterocycles. The number of ether oxygens (including phenoxy) is 1. The second-order valence-electron chi connectivity index (χ2n) is 9.60. The monoisotopic (exact) mass is 529 g/mol. The predicted octanol–water partition coefficient (Wildman–Crippen LogP) is 3.65. The lowest BCUT2D eigenvalue weighted by Crippen LogP contribution is -2.27. The lowest BCUT2D eigenvalue weighted by atomic mass is 10.0. The average molecular weight is 530 g/mol. The second-order valence-corrected chi connectivity index (χ2v) is 11.7. The van der Waals surface area contributed by atoms with Crippen LogP contribution in [0.15, 0.2) is 59.8 Å². The summed E-state index contributed by atoms with van der Waals surface area (Å²) in [4.78, 5) is 29.2. The average Bonchev–Trinajstić information content (AvgIpc) is 3.08. The van der Waals surface area contributed by atoms with E-state index in [0.29, 0.717) is 11.3 Å². The number of fused-ring (bicyclic) bond motifs is 3. The first-order chi connectivity index (χ1) is 18.4. The molecule has 1 amide bonds. The van der Waals surface area contributed by atoms with Crippen LogP contribution in [0.2, 0.25) is 0 Å². The maximum atomic E-state index is 12.9. The third kappa shape index (κ3) is 4.61. The number of benzene rings is 1. The number of nitrogens with one attached hydrogen (secondary N) is 1. The predicted molar refractivity (Wildman–Crippen MR) is 143 cm³/mol. The van der Waals surface area contributed by atoms with Gasteiger partial charge in [-0.2, -0.15) is 0 Å². The highest BCUT2D eigenvalue weighted by atomic mass is 32.2. The Kier molecular flexibility index (Phi) is 6.29. The number of pyridine rings is 3. The van der Waals surface area contributed by atoms with Crippen molar-refractivity contribution in [2.24, 2.45) is 0 Å². The normalized spacial score (nSPS) is 16.4. The van der Waals surface area contributed by atoms with Crippen molar-refractivity contribution in [3.63, 3.8) is 0 Å². The number of nitrogens with zero attached hydrogens (tertiary/aromatic N) is 4. The van der Waals surface area contributed by atoms with Crippen molar-refractivity contribution in [3.05, 3.63) is 82.8 Å². The largest absolute Gasteiger partial charge is 0.376 e. The molecule has 0 saturated heterocycles. The van der Waals surface area contributed by atoms with Crippen molar-refractivity contribution >= 4 is 38.3 Å². The summed E-state index contributed by atoms with van der Waals surface area (Å²) in [6.45, 7) is 3.50. The van der Waals surface area contributed by atoms with Crippen molar-refractivity contribution < 1.29 is 17.9 Å². The molecule has 1 aromatic carbocycles. The molecule has 0 unspecified atom stereocenters. The molecule has 4 aromatic rings. The zero-order valence-corrected chi connectivity index (χ0v) is 21.8. The molecule has 1 N–H and O–H groups in total. The van der Waals surface area contributed by atoms with E-state index < -0.39 is 9.84 Å². The molecule has 9 nitrogen and oxygen atoms in total. The van der Waals surface area contributed by atoms with Crippen molar-refractivity contribution in [1.82, 2.24) is 20.3 Å². The van der Waals surface area contributed by atoms with Gasteiger partial charge in [-0.05, 0) is 72.9 Å². The zero-order valence-electron chi connectivity index (χ0n) is 21.0. The maximum absolute atomic E-state index is 12.9. The number of sulfone groups is 1. The molecule has 2 aliphatic heterocycles. The van der Waals surface area contributed by atoms with E-state index >= 15 is 0 Å². The van der Waals surface area contributed by atoms with Gasteiger partial charge >= 0.3 is 0 Å². The highest BCUT2D eigenvalue weighted by Gasteiger charge is 2.24. The van der Waals surface area contributed by atoms with Crippen LogP contribution in [0.3, 0.4) is 0 Å². The lowest BCUT2D eigenvalue weighted by Gasteiger charge is -2.30. The fraction of sp³-hybridized carbons (Fsp3) is 0.286. The van der Waals surface area contributed by atoms with E-state index in [9.17, 15) is 13.2 Å². The first-order valence-corrected chi connectivity index (χ1v) is 14.2. The van der Waals surface area contributed by atoms with Crippen LogP contribution in [0.25, 0.3) is 10.9 Å². The zero-order chi connectivity index (χ0) is 26.3. The highest BCUT2D eigenvalue weighted by Crippen LogP contribution is 2.33. The number of hydrogen-bond acceptors (Lipinski definition) is 8. The topological polar surface area (TPSA) is 114 Å². The number of aromatic nitrogens is 3. The Morgan fingerprint density at radius 1 is 1.13 bits per heavy atom. The molecule has 10 heteroatoms. The van der Waals surface area contributed by atoms with Crippen LogP contribution in [0.5, 0.6) is 0 Å². The van der Waals surface area contributed by atoms with Gasteiger partial charge in [0.2, 0.25) is 0 Å². The molecular weight excluding hydrogens is 502 g/mol. The van der Waals surface area contributed by atoms with E-state index in [1.807, 2.05) is 30.5 Å². The summed E-state index contributed by atoms with van der Waals surface area (Å²) in [5.41, 5.74) is 4.78. The van der Waals surface area contributed by atoms with Crippen LogP contribution in [0.4, 0.5) is 11.6 Å². The highest BCUT2D eigenvalue weighted by molar-refractivity contribution is 7.91. The van der Waals surface area contributed by atoms with Gasteiger partial charge in [0, 0.05) is 29.9 Å². The van der Waals surface area contributed by atoms with Gasteiger partial charge in [-0.1, -0.05) is 6.07 Å². The number of carbonyl (C=O) groups is 1. The number of amides is 1. The number of hydrogen-bond donors (Lipinski definition) is 1. The van der Waals surface area contributed by atoms with Gasteiger partial charge in [0.25, 0.3) is 5.91 Å². The van der Waals surface area contributed by atoms with Crippen molar-refractivity contribution in [2.45, 2.75) is 37.8 Å². The first-order valence-electron chi connectivity index (χ1n) is 12.6. The van der Waals surface area contributed by atoms with E-state index in [-0.39, 0.29) is 41.9 Å². The summed E-state index contributed by atoms with van der Waals surface area (Å²) in [7, 11) is -3.49. The van der Waals surface area contributed by atoms with Gasteiger partial charge in [0.05, 0.1) is 41.6 Å². The minimum atomic E-state index is -3.49. The molecule has 0 fully saturated rings. The lowest BCUT2D eigenvalue weighted by molar-refractivity contribution is 0.0950. The first kappa shape index (κ1) is 24.4. The molecule has 0 radical (unpaired) electrons. The van der Waals surface area contributed by atoms with E-state index in [1.54, 1.807) is 18.3 Å². The second kappa shape index (κ2) is 9.77. The third-order valence-electron chi connectivity index (χ3n) is 7.07. The summed E-state index contributed by atoms with van der Waals surface area (Å²) < 4.78 is 30.5. The molecule has 0 bridgehead atoms. The van der Waals surface area contributed by atoms with Crippen molar-refractivity contribution in [1.29, 1.82) is 0 Å². The standard InChI is InChI=1S/C28H27N5O4S/c1-18-8-9-29-27-23(18)3-2-10-33(27)26-7-6-20-15-30-22(14-24(20)32-26)16-31-28(34)19-4-5-21-17-37-11-12-38(35,36)25(21)13-19/h4-9,13-15H,2-3,10-12,16-17H2,1H3,(H,31,34). The van der Waals surface area contributed by atoms with Crippen molar-refractivity contribution in [3.8, 4) is 0 Å². The minimum absolute atomic E-state index is 0.0975. The van der Waals surface area contributed by atoms with Crippen LogP contribution in [0, 0.1) is 6.92 Å². The van der Waals surface area contributed by atoms with Crippen LogP contribution >= 0.6 is 0 Å². The Labute approximate surface area is 220 Å². The van der Waals surface area contributed by atoms with E-state index in [1.165, 1.54) is 17.2 Å². The summed E-state index contributed by atoms with van der Waals surface area (Å²) in [6.07, 6.45) is 5.63. The van der Waals surface area contributed by atoms with Gasteiger partial charge < -0.3 is 15.0 Å². The molecule has 0 saturated carbocycles. The third-order valence-corrected chi connectivity index (χ3v) is 8.83. The van der Waals surface area contributed by atoms with E-state index in [2.05, 4.69) is 27.1 Å². The molecule has 194 valence electrons. The maximum Gasteiger partial charge on any atom is 0.251 e. The molecular formula is C28H27N5O4S. The quantitative estimate of drug-likeness (QED) is 0.426. The van der Waals surface area contributed by atoms with E-state index in [0.717, 1.165) is 41.9 Å². The fourth-order valence-corrected chi connectivity index (χ4v) is 6.38. The number of anilines is 2. The summed E-state index contributed by atoms with van der Waals surface area (Å²) in [6, 6.07) is 12.6.